The molecule has 1 aromatic rings. The first-order valence-corrected chi connectivity index (χ1v) is 6.69. The fraction of sp³-hybridized carbons (Fsp3) is 0.636. The minimum atomic E-state index is -0.116. The lowest BCUT2D eigenvalue weighted by atomic mass is 9.95. The minimum Gasteiger partial charge on any atom is -0.377 e. The number of ether oxygens (including phenoxy) is 1. The van der Waals surface area contributed by atoms with Crippen LogP contribution in [0.15, 0.2) is 10.8 Å². The molecule has 1 aliphatic rings. The summed E-state index contributed by atoms with van der Waals surface area (Å²) in [5.74, 6) is 0.841. The molecule has 94 valence electrons. The molecule has 0 bridgehead atoms. The molecule has 1 unspecified atom stereocenters. The van der Waals surface area contributed by atoms with E-state index in [-0.39, 0.29) is 5.60 Å². The van der Waals surface area contributed by atoms with Crippen LogP contribution in [0.25, 0.3) is 0 Å². The highest BCUT2D eigenvalue weighted by Gasteiger charge is 2.32. The summed E-state index contributed by atoms with van der Waals surface area (Å²) in [5.41, 5.74) is -0.116. The molecular weight excluding hydrogens is 305 g/mol. The van der Waals surface area contributed by atoms with Crippen molar-refractivity contribution in [3.8, 4) is 0 Å². The van der Waals surface area contributed by atoms with Gasteiger partial charge in [-0.2, -0.15) is 0 Å². The molecule has 1 aromatic heterocycles. The highest BCUT2D eigenvalue weighted by Crippen LogP contribution is 2.33. The zero-order valence-electron chi connectivity index (χ0n) is 9.91. The van der Waals surface area contributed by atoms with Crippen molar-refractivity contribution in [3.05, 3.63) is 16.0 Å². The molecule has 0 aliphatic carbocycles. The van der Waals surface area contributed by atoms with E-state index in [1.807, 2.05) is 0 Å². The lowest BCUT2D eigenvalue weighted by Crippen LogP contribution is -2.47. The molecule has 0 saturated carbocycles. The van der Waals surface area contributed by atoms with Crippen LogP contribution < -0.4 is 4.90 Å². The number of methoxy groups -OCH3 is 1. The summed E-state index contributed by atoms with van der Waals surface area (Å²) in [4.78, 5) is 10.4. The second-order valence-electron chi connectivity index (χ2n) is 4.48. The van der Waals surface area contributed by atoms with Gasteiger partial charge in [0, 0.05) is 20.2 Å². The van der Waals surface area contributed by atoms with Gasteiger partial charge in [-0.1, -0.05) is 11.6 Å². The predicted octanol–water partition coefficient (Wildman–Crippen LogP) is 2.90. The number of aromatic nitrogens is 2. The highest BCUT2D eigenvalue weighted by atomic mass is 79.9. The van der Waals surface area contributed by atoms with E-state index in [1.165, 1.54) is 6.33 Å². The Hall–Kier alpha value is -0.390. The van der Waals surface area contributed by atoms with Crippen molar-refractivity contribution in [3.63, 3.8) is 0 Å². The van der Waals surface area contributed by atoms with Crippen molar-refractivity contribution >= 4 is 33.3 Å². The SMILES string of the molecule is COC1(C)CCCN(c2ncnc(Cl)c2Br)C1. The molecule has 0 radical (unpaired) electrons. The van der Waals surface area contributed by atoms with Gasteiger partial charge in [0.05, 0.1) is 10.1 Å². The number of rotatable bonds is 2. The van der Waals surface area contributed by atoms with Crippen molar-refractivity contribution in [1.82, 2.24) is 9.97 Å². The van der Waals surface area contributed by atoms with Crippen molar-refractivity contribution < 1.29 is 4.74 Å². The van der Waals surface area contributed by atoms with Crippen LogP contribution in [0.2, 0.25) is 5.15 Å². The van der Waals surface area contributed by atoms with Gasteiger partial charge in [-0.25, -0.2) is 9.97 Å². The topological polar surface area (TPSA) is 38.2 Å². The van der Waals surface area contributed by atoms with Crippen molar-refractivity contribution in [2.45, 2.75) is 25.4 Å². The average Bonchev–Trinajstić information content (AvgIpc) is 2.33. The second kappa shape index (κ2) is 5.08. The summed E-state index contributed by atoms with van der Waals surface area (Å²) in [6, 6.07) is 0. The van der Waals surface area contributed by atoms with E-state index in [2.05, 4.69) is 37.7 Å². The number of nitrogens with zero attached hydrogens (tertiary/aromatic N) is 3. The Morgan fingerprint density at radius 3 is 3.00 bits per heavy atom. The minimum absolute atomic E-state index is 0.116. The van der Waals surface area contributed by atoms with Gasteiger partial charge in [0.15, 0.2) is 0 Å². The van der Waals surface area contributed by atoms with Crippen LogP contribution in [-0.4, -0.2) is 35.8 Å². The summed E-state index contributed by atoms with van der Waals surface area (Å²) in [6.07, 6.45) is 3.63. The monoisotopic (exact) mass is 319 g/mol. The third-order valence-corrected chi connectivity index (χ3v) is 4.42. The number of piperidine rings is 1. The van der Waals surface area contributed by atoms with Gasteiger partial charge in [0.25, 0.3) is 0 Å². The van der Waals surface area contributed by atoms with Crippen LogP contribution in [0.4, 0.5) is 5.82 Å². The molecule has 17 heavy (non-hydrogen) atoms. The number of halogens is 2. The van der Waals surface area contributed by atoms with E-state index in [9.17, 15) is 0 Å². The fourth-order valence-corrected chi connectivity index (χ4v) is 2.70. The third-order valence-electron chi connectivity index (χ3n) is 3.18. The first-order valence-electron chi connectivity index (χ1n) is 5.52. The van der Waals surface area contributed by atoms with Gasteiger partial charge in [0.1, 0.15) is 17.3 Å². The lowest BCUT2D eigenvalue weighted by molar-refractivity contribution is -0.00484. The summed E-state index contributed by atoms with van der Waals surface area (Å²) in [6.45, 7) is 3.90. The van der Waals surface area contributed by atoms with Crippen LogP contribution >= 0.6 is 27.5 Å². The molecule has 1 aliphatic heterocycles. The Kier molecular flexibility index (Phi) is 3.90. The van der Waals surface area contributed by atoms with Crippen LogP contribution in [0.1, 0.15) is 19.8 Å². The fourth-order valence-electron chi connectivity index (χ4n) is 2.11. The summed E-state index contributed by atoms with van der Waals surface area (Å²) >= 11 is 9.42. The van der Waals surface area contributed by atoms with Crippen LogP contribution in [-0.2, 0) is 4.74 Å². The Balaban J connectivity index is 2.25. The molecule has 1 fully saturated rings. The van der Waals surface area contributed by atoms with Gasteiger partial charge >= 0.3 is 0 Å². The van der Waals surface area contributed by atoms with Crippen LogP contribution in [0, 0.1) is 0 Å². The van der Waals surface area contributed by atoms with Crippen LogP contribution in [0.3, 0.4) is 0 Å². The smallest absolute Gasteiger partial charge is 0.148 e. The lowest BCUT2D eigenvalue weighted by Gasteiger charge is -2.40. The molecule has 0 aromatic carbocycles. The Bertz CT molecular complexity index is 418. The standard InChI is InChI=1S/C11H15BrClN3O/c1-11(17-2)4-3-5-16(6-11)10-8(12)9(13)14-7-15-10/h7H,3-6H2,1-2H3. The maximum absolute atomic E-state index is 5.98. The number of hydrogen-bond acceptors (Lipinski definition) is 4. The zero-order valence-corrected chi connectivity index (χ0v) is 12.3. The number of anilines is 1. The largest absolute Gasteiger partial charge is 0.377 e. The summed E-state index contributed by atoms with van der Waals surface area (Å²) in [5, 5.41) is 0.444. The third kappa shape index (κ3) is 2.72. The van der Waals surface area contributed by atoms with E-state index in [1.54, 1.807) is 7.11 Å². The van der Waals surface area contributed by atoms with Crippen molar-refractivity contribution in [2.24, 2.45) is 0 Å². The van der Waals surface area contributed by atoms with Crippen molar-refractivity contribution in [2.75, 3.05) is 25.1 Å². The van der Waals surface area contributed by atoms with Gasteiger partial charge in [0.2, 0.25) is 0 Å². The molecule has 6 heteroatoms. The summed E-state index contributed by atoms with van der Waals surface area (Å²) < 4.78 is 6.32. The zero-order chi connectivity index (χ0) is 12.5. The molecule has 0 N–H and O–H groups in total. The van der Waals surface area contributed by atoms with Gasteiger partial charge in [-0.3, -0.25) is 0 Å². The van der Waals surface area contributed by atoms with E-state index in [0.717, 1.165) is 36.2 Å². The second-order valence-corrected chi connectivity index (χ2v) is 5.63. The number of hydrogen-bond donors (Lipinski definition) is 0. The maximum Gasteiger partial charge on any atom is 0.148 e. The predicted molar refractivity (Wildman–Crippen MR) is 71.6 cm³/mol. The van der Waals surface area contributed by atoms with Crippen LogP contribution in [0.5, 0.6) is 0 Å². The molecule has 0 spiro atoms. The first-order chi connectivity index (χ1) is 8.06. The van der Waals surface area contributed by atoms with E-state index in [4.69, 9.17) is 16.3 Å². The van der Waals surface area contributed by atoms with Crippen molar-refractivity contribution in [1.29, 1.82) is 0 Å². The Labute approximate surface area is 114 Å². The van der Waals surface area contributed by atoms with Gasteiger partial charge in [-0.05, 0) is 35.7 Å². The van der Waals surface area contributed by atoms with Gasteiger partial charge in [-0.15, -0.1) is 0 Å². The Morgan fingerprint density at radius 1 is 1.53 bits per heavy atom. The van der Waals surface area contributed by atoms with Gasteiger partial charge < -0.3 is 9.64 Å². The molecular formula is C11H15BrClN3O. The quantitative estimate of drug-likeness (QED) is 0.785. The normalized spacial score (nSPS) is 25.1. The molecule has 4 nitrogen and oxygen atoms in total. The van der Waals surface area contributed by atoms with E-state index < -0.39 is 0 Å². The molecule has 1 atom stereocenters. The van der Waals surface area contributed by atoms with E-state index in [0.29, 0.717) is 5.15 Å². The maximum atomic E-state index is 5.98. The Morgan fingerprint density at radius 2 is 2.29 bits per heavy atom. The van der Waals surface area contributed by atoms with E-state index >= 15 is 0 Å². The highest BCUT2D eigenvalue weighted by molar-refractivity contribution is 9.10. The molecule has 2 rings (SSSR count). The molecule has 0 amide bonds. The molecule has 2 heterocycles. The molecule has 1 saturated heterocycles. The summed E-state index contributed by atoms with van der Waals surface area (Å²) in [7, 11) is 1.76. The average molecular weight is 321 g/mol. The first kappa shape index (κ1) is 13.1.